The molecule has 2 unspecified atom stereocenters. The minimum Gasteiger partial charge on any atom is -0.490 e. The lowest BCUT2D eigenvalue weighted by atomic mass is 9.96. The number of aryl methyl sites for hydroxylation is 1. The predicted molar refractivity (Wildman–Crippen MR) is 165 cm³/mol. The van der Waals surface area contributed by atoms with E-state index in [9.17, 15) is 4.39 Å². The van der Waals surface area contributed by atoms with E-state index in [1.807, 2.05) is 0 Å². The quantitative estimate of drug-likeness (QED) is 0.124. The summed E-state index contributed by atoms with van der Waals surface area (Å²) in [5.41, 5.74) is 2.39. The van der Waals surface area contributed by atoms with E-state index in [-0.39, 0.29) is 0 Å². The molecule has 0 aliphatic heterocycles. The minimum atomic E-state index is -0.799. The standard InChI is InChI=1S/C35H57FN2O/c1-4-6-8-9-10-11-12-13-14-16-20-31-22-24-32(25-23-31)35-37-28-34(29-38-35)39-27-26-33(36)21-17-19-30(3)18-15-7-5-2/h22-25,28-30,33H,4-21,26-27H2,1-3H3. The summed E-state index contributed by atoms with van der Waals surface area (Å²) in [5.74, 6) is 2.01. The fraction of sp³-hybridized carbons (Fsp3) is 0.714. The van der Waals surface area contributed by atoms with E-state index in [4.69, 9.17) is 4.74 Å². The van der Waals surface area contributed by atoms with Gasteiger partial charge in [0, 0.05) is 12.0 Å². The SMILES string of the molecule is CCCCCCCCCCCCc1ccc(-c2ncc(OCCC(F)CCCC(C)CCCCC)cn2)cc1. The van der Waals surface area contributed by atoms with Crippen molar-refractivity contribution < 1.29 is 9.13 Å². The van der Waals surface area contributed by atoms with Crippen molar-refractivity contribution in [1.29, 1.82) is 0 Å². The maximum Gasteiger partial charge on any atom is 0.159 e. The van der Waals surface area contributed by atoms with E-state index >= 15 is 0 Å². The van der Waals surface area contributed by atoms with Crippen molar-refractivity contribution in [2.24, 2.45) is 5.92 Å². The fourth-order valence-corrected chi connectivity index (χ4v) is 5.20. The van der Waals surface area contributed by atoms with Crippen molar-refractivity contribution in [3.8, 4) is 17.1 Å². The number of hydrogen-bond acceptors (Lipinski definition) is 3. The molecule has 2 atom stereocenters. The van der Waals surface area contributed by atoms with Gasteiger partial charge in [-0.2, -0.15) is 0 Å². The third-order valence-corrected chi connectivity index (χ3v) is 7.87. The monoisotopic (exact) mass is 540 g/mol. The molecule has 1 aromatic carbocycles. The topological polar surface area (TPSA) is 35.0 Å². The lowest BCUT2D eigenvalue weighted by Crippen LogP contribution is -2.08. The van der Waals surface area contributed by atoms with Gasteiger partial charge >= 0.3 is 0 Å². The Kier molecular flexibility index (Phi) is 18.6. The van der Waals surface area contributed by atoms with Gasteiger partial charge in [-0.25, -0.2) is 14.4 Å². The van der Waals surface area contributed by atoms with Crippen molar-refractivity contribution in [3.63, 3.8) is 0 Å². The summed E-state index contributed by atoms with van der Waals surface area (Å²) >= 11 is 0. The third kappa shape index (κ3) is 16.0. The number of rotatable bonds is 24. The number of nitrogens with zero attached hydrogens (tertiary/aromatic N) is 2. The Balaban J connectivity index is 1.57. The molecule has 2 aromatic rings. The predicted octanol–water partition coefficient (Wildman–Crippen LogP) is 11.1. The number of hydrogen-bond donors (Lipinski definition) is 0. The molecular weight excluding hydrogens is 483 g/mol. The number of alkyl halides is 1. The second kappa shape index (κ2) is 21.8. The molecule has 220 valence electrons. The molecule has 1 aromatic heterocycles. The molecule has 0 fully saturated rings. The molecule has 0 aliphatic carbocycles. The van der Waals surface area contributed by atoms with Gasteiger partial charge in [-0.3, -0.25) is 0 Å². The maximum atomic E-state index is 14.3. The molecule has 0 saturated heterocycles. The summed E-state index contributed by atoms with van der Waals surface area (Å²) in [6, 6.07) is 8.62. The Morgan fingerprint density at radius 3 is 1.87 bits per heavy atom. The maximum absolute atomic E-state index is 14.3. The summed E-state index contributed by atoms with van der Waals surface area (Å²) in [5, 5.41) is 0. The van der Waals surface area contributed by atoms with Crippen LogP contribution in [-0.2, 0) is 6.42 Å². The molecule has 0 radical (unpaired) electrons. The van der Waals surface area contributed by atoms with Crippen LogP contribution in [0, 0.1) is 5.92 Å². The molecular formula is C35H57FN2O. The fourth-order valence-electron chi connectivity index (χ4n) is 5.20. The van der Waals surface area contributed by atoms with Gasteiger partial charge in [0.2, 0.25) is 0 Å². The van der Waals surface area contributed by atoms with Crippen LogP contribution >= 0.6 is 0 Å². The summed E-state index contributed by atoms with van der Waals surface area (Å²) < 4.78 is 20.0. The highest BCUT2D eigenvalue weighted by atomic mass is 19.1. The van der Waals surface area contributed by atoms with Crippen molar-refractivity contribution in [2.45, 2.75) is 149 Å². The molecule has 0 aliphatic rings. The highest BCUT2D eigenvalue weighted by Gasteiger charge is 2.10. The normalized spacial score (nSPS) is 12.9. The highest BCUT2D eigenvalue weighted by molar-refractivity contribution is 5.55. The number of unbranched alkanes of at least 4 members (excludes halogenated alkanes) is 11. The Morgan fingerprint density at radius 2 is 1.23 bits per heavy atom. The molecule has 3 nitrogen and oxygen atoms in total. The summed E-state index contributed by atoms with van der Waals surface area (Å²) in [6.45, 7) is 7.17. The Morgan fingerprint density at radius 1 is 0.667 bits per heavy atom. The van der Waals surface area contributed by atoms with E-state index in [1.54, 1.807) is 12.4 Å². The molecule has 2 rings (SSSR count). The van der Waals surface area contributed by atoms with Crippen molar-refractivity contribution in [2.75, 3.05) is 6.61 Å². The number of halogens is 1. The molecule has 0 spiro atoms. The van der Waals surface area contributed by atoms with E-state index in [0.717, 1.165) is 24.8 Å². The summed E-state index contributed by atoms with van der Waals surface area (Å²) in [7, 11) is 0. The van der Waals surface area contributed by atoms with E-state index in [2.05, 4.69) is 55.0 Å². The number of ether oxygens (including phenoxy) is 1. The van der Waals surface area contributed by atoms with Crippen LogP contribution in [0.2, 0.25) is 0 Å². The second-order valence-electron chi connectivity index (χ2n) is 11.6. The van der Waals surface area contributed by atoms with Crippen LogP contribution in [0.3, 0.4) is 0 Å². The van der Waals surface area contributed by atoms with Crippen LogP contribution in [0.15, 0.2) is 36.7 Å². The second-order valence-corrected chi connectivity index (χ2v) is 11.6. The zero-order valence-electron chi connectivity index (χ0n) is 25.4. The number of benzene rings is 1. The van der Waals surface area contributed by atoms with Crippen LogP contribution in [0.1, 0.15) is 142 Å². The first-order chi connectivity index (χ1) is 19.1. The molecule has 0 N–H and O–H groups in total. The Bertz CT molecular complexity index is 824. The van der Waals surface area contributed by atoms with E-state index in [1.165, 1.54) is 95.5 Å². The molecule has 1 heterocycles. The molecule has 4 heteroatoms. The first kappa shape index (κ1) is 33.2. The van der Waals surface area contributed by atoms with Crippen LogP contribution in [0.5, 0.6) is 5.75 Å². The van der Waals surface area contributed by atoms with E-state index in [0.29, 0.717) is 36.9 Å². The van der Waals surface area contributed by atoms with Crippen LogP contribution in [-0.4, -0.2) is 22.7 Å². The van der Waals surface area contributed by atoms with Crippen molar-refractivity contribution in [3.05, 3.63) is 42.2 Å². The van der Waals surface area contributed by atoms with E-state index < -0.39 is 6.17 Å². The zero-order chi connectivity index (χ0) is 28.0. The Labute approximate surface area is 239 Å². The van der Waals surface area contributed by atoms with Crippen LogP contribution < -0.4 is 4.74 Å². The van der Waals surface area contributed by atoms with Crippen LogP contribution in [0.25, 0.3) is 11.4 Å². The summed E-state index contributed by atoms with van der Waals surface area (Å²) in [4.78, 5) is 8.95. The van der Waals surface area contributed by atoms with Gasteiger partial charge in [0.25, 0.3) is 0 Å². The molecule has 39 heavy (non-hydrogen) atoms. The van der Waals surface area contributed by atoms with Crippen LogP contribution in [0.4, 0.5) is 4.39 Å². The molecule has 0 saturated carbocycles. The summed E-state index contributed by atoms with van der Waals surface area (Å²) in [6.07, 6.45) is 25.7. The lowest BCUT2D eigenvalue weighted by Gasteiger charge is -2.13. The van der Waals surface area contributed by atoms with Gasteiger partial charge < -0.3 is 4.74 Å². The highest BCUT2D eigenvalue weighted by Crippen LogP contribution is 2.21. The van der Waals surface area contributed by atoms with Gasteiger partial charge in [-0.1, -0.05) is 141 Å². The lowest BCUT2D eigenvalue weighted by molar-refractivity contribution is 0.219. The Hall–Kier alpha value is -1.97. The van der Waals surface area contributed by atoms with Gasteiger partial charge in [-0.05, 0) is 30.7 Å². The van der Waals surface area contributed by atoms with Crippen molar-refractivity contribution in [1.82, 2.24) is 9.97 Å². The minimum absolute atomic E-state index is 0.365. The smallest absolute Gasteiger partial charge is 0.159 e. The number of aromatic nitrogens is 2. The first-order valence-corrected chi connectivity index (χ1v) is 16.3. The third-order valence-electron chi connectivity index (χ3n) is 7.87. The zero-order valence-corrected chi connectivity index (χ0v) is 25.4. The average Bonchev–Trinajstić information content (AvgIpc) is 2.95. The average molecular weight is 541 g/mol. The molecule has 0 bridgehead atoms. The largest absolute Gasteiger partial charge is 0.490 e. The van der Waals surface area contributed by atoms with Gasteiger partial charge in [-0.15, -0.1) is 0 Å². The first-order valence-electron chi connectivity index (χ1n) is 16.3. The van der Waals surface area contributed by atoms with Crippen molar-refractivity contribution >= 4 is 0 Å². The van der Waals surface area contributed by atoms with Gasteiger partial charge in [0.05, 0.1) is 19.0 Å². The van der Waals surface area contributed by atoms with Gasteiger partial charge in [0.1, 0.15) is 6.17 Å². The van der Waals surface area contributed by atoms with Gasteiger partial charge in [0.15, 0.2) is 11.6 Å². The molecule has 0 amide bonds.